The summed E-state index contributed by atoms with van der Waals surface area (Å²) in [6.45, 7) is 9.99. The molecule has 0 bridgehead atoms. The second-order valence-corrected chi connectivity index (χ2v) is 7.83. The molecule has 0 rings (SSSR count). The van der Waals surface area contributed by atoms with Crippen molar-refractivity contribution in [3.05, 3.63) is 25.3 Å². The van der Waals surface area contributed by atoms with Crippen LogP contribution in [-0.2, 0) is 9.13 Å². The highest BCUT2D eigenvalue weighted by Gasteiger charge is 2.27. The average molecular weight is 325 g/mol. The van der Waals surface area contributed by atoms with Crippen LogP contribution in [0.5, 0.6) is 0 Å². The first kappa shape index (κ1) is 19.7. The number of rotatable bonds is 12. The van der Waals surface area contributed by atoms with Gasteiger partial charge in [0.1, 0.15) is 0 Å². The minimum absolute atomic E-state index is 0.143. The molecule has 0 aliphatic rings. The molecule has 0 radical (unpaired) electrons. The van der Waals surface area contributed by atoms with Gasteiger partial charge in [0.25, 0.3) is 0 Å². The van der Waals surface area contributed by atoms with Crippen molar-refractivity contribution in [2.24, 2.45) is 0 Å². The Labute approximate surface area is 121 Å². The van der Waals surface area contributed by atoms with Gasteiger partial charge in [-0.3, -0.25) is 4.57 Å². The quantitative estimate of drug-likeness (QED) is 0.289. The third-order valence-electron chi connectivity index (χ3n) is 3.10. The van der Waals surface area contributed by atoms with Gasteiger partial charge in [-0.05, 0) is 16.7 Å². The summed E-state index contributed by atoms with van der Waals surface area (Å²) in [4.78, 5) is 26.7. The molecule has 0 aromatic carbocycles. The van der Waals surface area contributed by atoms with Crippen LogP contribution in [0.25, 0.3) is 0 Å². The lowest BCUT2D eigenvalue weighted by Crippen LogP contribution is -2.50. The van der Waals surface area contributed by atoms with Crippen LogP contribution in [0, 0.1) is 0 Å². The highest BCUT2D eigenvalue weighted by molar-refractivity contribution is 7.51. The lowest BCUT2D eigenvalue weighted by atomic mass is 10.2. The van der Waals surface area contributed by atoms with Crippen molar-refractivity contribution in [1.82, 2.24) is 0 Å². The van der Waals surface area contributed by atoms with Crippen molar-refractivity contribution in [3.63, 3.8) is 0 Å². The fourth-order valence-corrected chi connectivity index (χ4v) is 3.22. The first-order chi connectivity index (χ1) is 9.24. The predicted octanol–water partition coefficient (Wildman–Crippen LogP) is 1.87. The molecule has 1 unspecified atom stereocenters. The van der Waals surface area contributed by atoms with Gasteiger partial charge in [-0.25, -0.2) is 0 Å². The molecular formula is C12H25NO5P2+2. The molecule has 3 N–H and O–H groups in total. The third kappa shape index (κ3) is 9.54. The molecule has 0 amide bonds. The van der Waals surface area contributed by atoms with Crippen molar-refractivity contribution < 1.29 is 28.3 Å². The minimum Gasteiger partial charge on any atom is -0.324 e. The van der Waals surface area contributed by atoms with E-state index < -0.39 is 15.6 Å². The van der Waals surface area contributed by atoms with Crippen molar-refractivity contribution in [2.75, 3.05) is 38.5 Å². The summed E-state index contributed by atoms with van der Waals surface area (Å²) in [5, 5.41) is 0. The number of nitrogens with zero attached hydrogens (tertiary/aromatic N) is 1. The van der Waals surface area contributed by atoms with E-state index in [2.05, 4.69) is 13.2 Å². The Bertz CT molecular complexity index is 370. The lowest BCUT2D eigenvalue weighted by Gasteiger charge is -2.37. The molecule has 0 fully saturated rings. The molecule has 0 heterocycles. The first-order valence-corrected chi connectivity index (χ1v) is 9.69. The monoisotopic (exact) mass is 325 g/mol. The second kappa shape index (κ2) is 9.56. The van der Waals surface area contributed by atoms with E-state index in [1.165, 1.54) is 0 Å². The maximum Gasteiger partial charge on any atom is 0.505 e. The van der Waals surface area contributed by atoms with Crippen molar-refractivity contribution in [1.29, 1.82) is 0 Å². The van der Waals surface area contributed by atoms with E-state index in [-0.39, 0.29) is 12.3 Å². The zero-order valence-electron chi connectivity index (χ0n) is 11.7. The fourth-order valence-electron chi connectivity index (χ4n) is 2.25. The van der Waals surface area contributed by atoms with Crippen molar-refractivity contribution >= 4 is 15.6 Å². The molecule has 0 aromatic rings. The Kier molecular flexibility index (Phi) is 9.39. The highest BCUT2D eigenvalue weighted by atomic mass is 31.2. The Balaban J connectivity index is 4.63. The van der Waals surface area contributed by atoms with Crippen LogP contribution in [0.2, 0.25) is 0 Å². The van der Waals surface area contributed by atoms with Crippen LogP contribution in [0.1, 0.15) is 12.8 Å². The Morgan fingerprint density at radius 3 is 2.00 bits per heavy atom. The predicted molar refractivity (Wildman–Crippen MR) is 81.0 cm³/mol. The molecular weight excluding hydrogens is 300 g/mol. The van der Waals surface area contributed by atoms with Gasteiger partial charge in [0.05, 0.1) is 32.3 Å². The maximum atomic E-state index is 10.9. The Hall–Kier alpha value is -0.350. The summed E-state index contributed by atoms with van der Waals surface area (Å²) >= 11 is 0. The molecule has 20 heavy (non-hydrogen) atoms. The van der Waals surface area contributed by atoms with E-state index in [4.69, 9.17) is 14.7 Å². The third-order valence-corrected chi connectivity index (χ3v) is 4.69. The van der Waals surface area contributed by atoms with Gasteiger partial charge in [0.2, 0.25) is 0 Å². The van der Waals surface area contributed by atoms with Crippen LogP contribution in [-0.4, -0.2) is 57.7 Å². The molecule has 0 aliphatic carbocycles. The SMILES string of the molecule is C=CC[N+](CC=C)(CCC[P+](=O)O)CCCP(=O)(O)O. The van der Waals surface area contributed by atoms with Gasteiger partial charge in [0, 0.05) is 12.8 Å². The molecule has 6 nitrogen and oxygen atoms in total. The molecule has 8 heteroatoms. The van der Waals surface area contributed by atoms with Crippen LogP contribution in [0.4, 0.5) is 0 Å². The van der Waals surface area contributed by atoms with Crippen molar-refractivity contribution in [2.45, 2.75) is 12.8 Å². The van der Waals surface area contributed by atoms with Gasteiger partial charge < -0.3 is 14.3 Å². The standard InChI is InChI=1S/C12H23NO5P2/c1-3-7-13(8-4-2,9-5-11-19(14)15)10-6-12-20(16,17)18/h3-4H,1-2,5-12H2,(H-2,14,15,16,17,18)/p+2. The lowest BCUT2D eigenvalue weighted by molar-refractivity contribution is -0.917. The second-order valence-electron chi connectivity index (χ2n) is 4.90. The zero-order valence-corrected chi connectivity index (χ0v) is 13.5. The maximum absolute atomic E-state index is 10.9. The number of hydrogen-bond donors (Lipinski definition) is 3. The largest absolute Gasteiger partial charge is 0.505 e. The van der Waals surface area contributed by atoms with Crippen LogP contribution >= 0.6 is 15.6 Å². The number of hydrogen-bond acceptors (Lipinski definition) is 2. The van der Waals surface area contributed by atoms with E-state index >= 15 is 0 Å². The molecule has 0 spiro atoms. The minimum atomic E-state index is -3.98. The van der Waals surface area contributed by atoms with Crippen LogP contribution in [0.3, 0.4) is 0 Å². The van der Waals surface area contributed by atoms with Gasteiger partial charge >= 0.3 is 15.6 Å². The van der Waals surface area contributed by atoms with Crippen molar-refractivity contribution in [3.8, 4) is 0 Å². The summed E-state index contributed by atoms with van der Waals surface area (Å²) in [6, 6.07) is 0. The molecule has 1 atom stereocenters. The van der Waals surface area contributed by atoms with E-state index in [0.29, 0.717) is 43.5 Å². The van der Waals surface area contributed by atoms with Crippen LogP contribution in [0.15, 0.2) is 25.3 Å². The molecule has 0 aliphatic heterocycles. The zero-order chi connectivity index (χ0) is 15.6. The average Bonchev–Trinajstić information content (AvgIpc) is 2.27. The summed E-state index contributed by atoms with van der Waals surface area (Å²) in [7, 11) is -6.12. The molecule has 0 saturated carbocycles. The van der Waals surface area contributed by atoms with E-state index in [9.17, 15) is 9.13 Å². The topological polar surface area (TPSA) is 94.8 Å². The fraction of sp³-hybridized carbons (Fsp3) is 0.667. The summed E-state index contributed by atoms with van der Waals surface area (Å²) < 4.78 is 22.2. The molecule has 0 saturated heterocycles. The van der Waals surface area contributed by atoms with Gasteiger partial charge in [0.15, 0.2) is 6.16 Å². The summed E-state index contributed by atoms with van der Waals surface area (Å²) in [5.41, 5.74) is 0. The number of quaternary nitrogens is 1. The van der Waals surface area contributed by atoms with E-state index in [0.717, 1.165) is 0 Å². The van der Waals surface area contributed by atoms with Gasteiger partial charge in [-0.15, -0.1) is 0 Å². The highest BCUT2D eigenvalue weighted by Crippen LogP contribution is 2.35. The van der Waals surface area contributed by atoms with E-state index in [1.54, 1.807) is 12.2 Å². The summed E-state index contributed by atoms with van der Waals surface area (Å²) in [6.07, 6.45) is 4.61. The Morgan fingerprint density at radius 2 is 1.60 bits per heavy atom. The van der Waals surface area contributed by atoms with Gasteiger partial charge in [-0.1, -0.05) is 13.2 Å². The van der Waals surface area contributed by atoms with Crippen LogP contribution < -0.4 is 0 Å². The first-order valence-electron chi connectivity index (χ1n) is 6.50. The molecule has 116 valence electrons. The molecule has 0 aromatic heterocycles. The summed E-state index contributed by atoms with van der Waals surface area (Å²) in [5.74, 6) is 0. The van der Waals surface area contributed by atoms with E-state index in [1.807, 2.05) is 0 Å². The normalized spacial score (nSPS) is 13.1. The Morgan fingerprint density at radius 1 is 1.10 bits per heavy atom. The van der Waals surface area contributed by atoms with Gasteiger partial charge in [-0.2, -0.15) is 4.89 Å². The smallest absolute Gasteiger partial charge is 0.324 e.